The van der Waals surface area contributed by atoms with Crippen LogP contribution < -0.4 is 20.2 Å². The summed E-state index contributed by atoms with van der Waals surface area (Å²) in [6.07, 6.45) is 3.44. The van der Waals surface area contributed by atoms with Crippen molar-refractivity contribution >= 4 is 6.03 Å². The number of ether oxygens (including phenoxy) is 2. The fraction of sp³-hybridized carbons (Fsp3) is 0.588. The number of carbonyl (C=O) groups excluding carboxylic acids is 1. The minimum absolute atomic E-state index is 0.180. The van der Waals surface area contributed by atoms with Crippen LogP contribution in [0.1, 0.15) is 38.7 Å². The monoisotopic (exact) mass is 321 g/mol. The molecule has 0 aromatic heterocycles. The van der Waals surface area contributed by atoms with Crippen LogP contribution in [0.15, 0.2) is 18.2 Å². The maximum atomic E-state index is 12.1. The molecule has 0 radical (unpaired) electrons. The third kappa shape index (κ3) is 4.51. The van der Waals surface area contributed by atoms with E-state index in [0.717, 1.165) is 18.4 Å². The lowest BCUT2D eigenvalue weighted by Crippen LogP contribution is -2.56. The number of amides is 2. The molecule has 6 heteroatoms. The van der Waals surface area contributed by atoms with E-state index in [0.29, 0.717) is 30.1 Å². The predicted octanol–water partition coefficient (Wildman–Crippen LogP) is 2.68. The zero-order chi connectivity index (χ0) is 16.8. The van der Waals surface area contributed by atoms with Crippen LogP contribution in [0, 0.1) is 0 Å². The molecular formula is C17H27N3O3. The standard InChI is InChI=1S/C17H27N3O3/c1-12-6-5-7-13(2)20(12)19-17(21)18-11-14-8-9-15(22-3)16(10-14)23-4/h8-10,12-13H,5-7,11H2,1-4H3,(H2,18,19,21). The van der Waals surface area contributed by atoms with Crippen LogP contribution in [-0.2, 0) is 6.54 Å². The molecule has 2 amide bonds. The van der Waals surface area contributed by atoms with Crippen molar-refractivity contribution in [3.63, 3.8) is 0 Å². The number of hydrazine groups is 1. The molecule has 128 valence electrons. The van der Waals surface area contributed by atoms with Crippen molar-refractivity contribution in [2.24, 2.45) is 0 Å². The summed E-state index contributed by atoms with van der Waals surface area (Å²) in [4.78, 5) is 12.1. The first-order valence-corrected chi connectivity index (χ1v) is 8.09. The van der Waals surface area contributed by atoms with Crippen molar-refractivity contribution in [2.75, 3.05) is 14.2 Å². The van der Waals surface area contributed by atoms with Crippen molar-refractivity contribution in [2.45, 2.75) is 51.7 Å². The van der Waals surface area contributed by atoms with E-state index in [1.54, 1.807) is 14.2 Å². The molecule has 0 saturated carbocycles. The largest absolute Gasteiger partial charge is 0.493 e. The average molecular weight is 321 g/mol. The lowest BCUT2D eigenvalue weighted by molar-refractivity contribution is 0.0594. The van der Waals surface area contributed by atoms with Gasteiger partial charge in [-0.2, -0.15) is 0 Å². The van der Waals surface area contributed by atoms with E-state index in [9.17, 15) is 4.79 Å². The van der Waals surface area contributed by atoms with E-state index in [4.69, 9.17) is 9.47 Å². The molecular weight excluding hydrogens is 294 g/mol. The van der Waals surface area contributed by atoms with E-state index in [2.05, 4.69) is 24.6 Å². The van der Waals surface area contributed by atoms with Gasteiger partial charge in [0, 0.05) is 18.6 Å². The highest BCUT2D eigenvalue weighted by atomic mass is 16.5. The van der Waals surface area contributed by atoms with Crippen molar-refractivity contribution < 1.29 is 14.3 Å². The van der Waals surface area contributed by atoms with E-state index in [1.807, 2.05) is 23.2 Å². The Bertz CT molecular complexity index is 526. The van der Waals surface area contributed by atoms with Crippen molar-refractivity contribution in [3.05, 3.63) is 23.8 Å². The summed E-state index contributed by atoms with van der Waals surface area (Å²) in [5.41, 5.74) is 3.92. The van der Waals surface area contributed by atoms with Gasteiger partial charge in [-0.05, 0) is 44.4 Å². The van der Waals surface area contributed by atoms with Crippen molar-refractivity contribution in [3.8, 4) is 11.5 Å². The Morgan fingerprint density at radius 1 is 1.17 bits per heavy atom. The van der Waals surface area contributed by atoms with Crippen molar-refractivity contribution in [1.29, 1.82) is 0 Å². The molecule has 2 unspecified atom stereocenters. The predicted molar refractivity (Wildman–Crippen MR) is 89.5 cm³/mol. The summed E-state index contributed by atoms with van der Waals surface area (Å²) in [7, 11) is 3.20. The summed E-state index contributed by atoms with van der Waals surface area (Å²) >= 11 is 0. The van der Waals surface area contributed by atoms with Crippen LogP contribution in [0.4, 0.5) is 4.79 Å². The number of methoxy groups -OCH3 is 2. The SMILES string of the molecule is COc1ccc(CNC(=O)NN2C(C)CCCC2C)cc1OC. The molecule has 1 aliphatic heterocycles. The molecule has 1 aromatic rings. The number of hydrogen-bond acceptors (Lipinski definition) is 4. The highest BCUT2D eigenvalue weighted by molar-refractivity contribution is 5.73. The van der Waals surface area contributed by atoms with Crippen molar-refractivity contribution in [1.82, 2.24) is 15.8 Å². The van der Waals surface area contributed by atoms with E-state index < -0.39 is 0 Å². The molecule has 6 nitrogen and oxygen atoms in total. The van der Waals surface area contributed by atoms with Gasteiger partial charge in [-0.1, -0.05) is 12.5 Å². The number of hydrogen-bond donors (Lipinski definition) is 2. The fourth-order valence-corrected chi connectivity index (χ4v) is 2.97. The zero-order valence-electron chi connectivity index (χ0n) is 14.4. The molecule has 1 aliphatic rings. The lowest BCUT2D eigenvalue weighted by Gasteiger charge is -2.38. The summed E-state index contributed by atoms with van der Waals surface area (Å²) < 4.78 is 10.5. The first kappa shape index (κ1) is 17.4. The van der Waals surface area contributed by atoms with Crippen LogP contribution in [0.25, 0.3) is 0 Å². The minimum Gasteiger partial charge on any atom is -0.493 e. The Hall–Kier alpha value is -1.95. The second-order valence-corrected chi connectivity index (χ2v) is 6.02. The van der Waals surface area contributed by atoms with Gasteiger partial charge in [0.1, 0.15) is 0 Å². The van der Waals surface area contributed by atoms with Gasteiger partial charge >= 0.3 is 6.03 Å². The van der Waals surface area contributed by atoms with Crippen LogP contribution >= 0.6 is 0 Å². The third-order valence-corrected chi connectivity index (χ3v) is 4.33. The highest BCUT2D eigenvalue weighted by Crippen LogP contribution is 2.27. The molecule has 1 heterocycles. The second kappa shape index (κ2) is 8.06. The summed E-state index contributed by atoms with van der Waals surface area (Å²) in [5.74, 6) is 1.34. The normalized spacial score (nSPS) is 21.6. The van der Waals surface area contributed by atoms with Gasteiger partial charge in [0.25, 0.3) is 0 Å². The minimum atomic E-state index is -0.180. The second-order valence-electron chi connectivity index (χ2n) is 6.02. The van der Waals surface area contributed by atoms with Crippen LogP contribution in [0.2, 0.25) is 0 Å². The maximum absolute atomic E-state index is 12.1. The third-order valence-electron chi connectivity index (χ3n) is 4.33. The lowest BCUT2D eigenvalue weighted by atomic mass is 10.00. The first-order valence-electron chi connectivity index (χ1n) is 8.09. The van der Waals surface area contributed by atoms with Gasteiger partial charge in [0.15, 0.2) is 11.5 Å². The molecule has 0 spiro atoms. The Morgan fingerprint density at radius 3 is 2.43 bits per heavy atom. The Labute approximate surface area is 138 Å². The molecule has 2 atom stereocenters. The Kier molecular flexibility index (Phi) is 6.10. The zero-order valence-corrected chi connectivity index (χ0v) is 14.4. The summed E-state index contributed by atoms with van der Waals surface area (Å²) in [6.45, 7) is 4.72. The van der Waals surface area contributed by atoms with E-state index >= 15 is 0 Å². The first-order chi connectivity index (χ1) is 11.0. The number of urea groups is 1. The molecule has 2 N–H and O–H groups in total. The molecule has 2 rings (SSSR count). The Morgan fingerprint density at radius 2 is 1.83 bits per heavy atom. The van der Waals surface area contributed by atoms with Crippen LogP contribution in [0.5, 0.6) is 11.5 Å². The summed E-state index contributed by atoms with van der Waals surface area (Å²) in [6, 6.07) is 6.17. The maximum Gasteiger partial charge on any atom is 0.329 e. The topological polar surface area (TPSA) is 62.8 Å². The van der Waals surface area contributed by atoms with Gasteiger partial charge in [-0.25, -0.2) is 9.80 Å². The van der Waals surface area contributed by atoms with E-state index in [-0.39, 0.29) is 6.03 Å². The molecule has 1 saturated heterocycles. The molecule has 23 heavy (non-hydrogen) atoms. The quantitative estimate of drug-likeness (QED) is 0.875. The molecule has 0 aliphatic carbocycles. The molecule has 1 fully saturated rings. The van der Waals surface area contributed by atoms with Crippen LogP contribution in [-0.4, -0.2) is 37.3 Å². The fourth-order valence-electron chi connectivity index (χ4n) is 2.97. The number of benzene rings is 1. The summed E-state index contributed by atoms with van der Waals surface area (Å²) in [5, 5.41) is 4.94. The number of carbonyl (C=O) groups is 1. The van der Waals surface area contributed by atoms with E-state index in [1.165, 1.54) is 6.42 Å². The highest BCUT2D eigenvalue weighted by Gasteiger charge is 2.25. The van der Waals surface area contributed by atoms with Gasteiger partial charge in [-0.3, -0.25) is 5.43 Å². The number of piperidine rings is 1. The van der Waals surface area contributed by atoms with Crippen LogP contribution in [0.3, 0.4) is 0 Å². The molecule has 1 aromatic carbocycles. The van der Waals surface area contributed by atoms with Gasteiger partial charge in [0.05, 0.1) is 14.2 Å². The number of nitrogens with zero attached hydrogens (tertiary/aromatic N) is 1. The van der Waals surface area contributed by atoms with Gasteiger partial charge in [-0.15, -0.1) is 0 Å². The average Bonchev–Trinajstić information content (AvgIpc) is 2.56. The van der Waals surface area contributed by atoms with Gasteiger partial charge in [0.2, 0.25) is 0 Å². The smallest absolute Gasteiger partial charge is 0.329 e. The Balaban J connectivity index is 1.89. The molecule has 0 bridgehead atoms. The number of rotatable bonds is 5. The number of nitrogens with one attached hydrogen (secondary N) is 2. The van der Waals surface area contributed by atoms with Gasteiger partial charge < -0.3 is 14.8 Å².